The third-order valence-electron chi connectivity index (χ3n) is 4.82. The van der Waals surface area contributed by atoms with Crippen molar-refractivity contribution in [3.63, 3.8) is 0 Å². The Hall–Kier alpha value is -0.0800. The minimum Gasteiger partial charge on any atom is -0.317 e. The zero-order valence-corrected chi connectivity index (χ0v) is 11.8. The van der Waals surface area contributed by atoms with E-state index in [-0.39, 0.29) is 0 Å². The van der Waals surface area contributed by atoms with E-state index in [1.165, 1.54) is 51.7 Å². The van der Waals surface area contributed by atoms with Crippen molar-refractivity contribution >= 4 is 0 Å². The first kappa shape index (κ1) is 13.4. The Bertz CT molecular complexity index is 217. The van der Waals surface area contributed by atoms with Crippen molar-refractivity contribution < 1.29 is 0 Å². The minimum absolute atomic E-state index is 1.03. The first-order valence-electron chi connectivity index (χ1n) is 7.68. The van der Waals surface area contributed by atoms with Gasteiger partial charge in [0, 0.05) is 6.54 Å². The van der Waals surface area contributed by atoms with Crippen molar-refractivity contribution in [2.24, 2.45) is 17.8 Å². The Kier molecular flexibility index (Phi) is 5.30. The monoisotopic (exact) mass is 238 g/mol. The van der Waals surface area contributed by atoms with Gasteiger partial charge in [0.1, 0.15) is 0 Å². The summed E-state index contributed by atoms with van der Waals surface area (Å²) in [5.41, 5.74) is 0. The molecule has 0 aromatic heterocycles. The van der Waals surface area contributed by atoms with Gasteiger partial charge >= 0.3 is 0 Å². The number of unbranched alkanes of at least 4 members (excludes halogenated alkanes) is 1. The van der Waals surface area contributed by atoms with E-state index < -0.39 is 0 Å². The molecular formula is C15H30N2. The maximum atomic E-state index is 3.40. The number of nitrogens with one attached hydrogen (secondary N) is 1. The van der Waals surface area contributed by atoms with E-state index in [2.05, 4.69) is 24.2 Å². The molecule has 2 fully saturated rings. The zero-order valence-electron chi connectivity index (χ0n) is 11.8. The molecule has 100 valence electrons. The molecule has 0 aromatic rings. The molecule has 0 amide bonds. The maximum absolute atomic E-state index is 3.40. The average Bonchev–Trinajstić information content (AvgIpc) is 2.90. The second-order valence-electron chi connectivity index (χ2n) is 6.26. The SMILES string of the molecule is CCNCCCCN(C)CC1CC2CCC1C2. The van der Waals surface area contributed by atoms with Crippen molar-refractivity contribution in [2.75, 3.05) is 33.2 Å². The molecule has 0 spiro atoms. The van der Waals surface area contributed by atoms with Gasteiger partial charge in [-0.3, -0.25) is 0 Å². The van der Waals surface area contributed by atoms with Crippen molar-refractivity contribution in [2.45, 2.75) is 45.4 Å². The fraction of sp³-hybridized carbons (Fsp3) is 1.00. The molecule has 2 rings (SSSR count). The van der Waals surface area contributed by atoms with E-state index in [9.17, 15) is 0 Å². The Morgan fingerprint density at radius 1 is 1.18 bits per heavy atom. The Balaban J connectivity index is 1.53. The van der Waals surface area contributed by atoms with E-state index in [0.717, 1.165) is 24.3 Å². The van der Waals surface area contributed by atoms with Crippen molar-refractivity contribution in [1.29, 1.82) is 0 Å². The zero-order chi connectivity index (χ0) is 12.1. The lowest BCUT2D eigenvalue weighted by Crippen LogP contribution is -2.29. The second kappa shape index (κ2) is 6.75. The Morgan fingerprint density at radius 2 is 2.06 bits per heavy atom. The molecular weight excluding hydrogens is 208 g/mol. The van der Waals surface area contributed by atoms with Crippen molar-refractivity contribution in [3.8, 4) is 0 Å². The summed E-state index contributed by atoms with van der Waals surface area (Å²) in [6.07, 6.45) is 8.84. The van der Waals surface area contributed by atoms with Crippen LogP contribution in [0.25, 0.3) is 0 Å². The van der Waals surface area contributed by atoms with Gasteiger partial charge in [0.25, 0.3) is 0 Å². The van der Waals surface area contributed by atoms with Gasteiger partial charge < -0.3 is 10.2 Å². The van der Waals surface area contributed by atoms with Crippen LogP contribution in [0.15, 0.2) is 0 Å². The summed E-state index contributed by atoms with van der Waals surface area (Å²) in [6, 6.07) is 0. The molecule has 3 unspecified atom stereocenters. The van der Waals surface area contributed by atoms with Crippen LogP contribution in [0, 0.1) is 17.8 Å². The van der Waals surface area contributed by atoms with Crippen LogP contribution in [0.5, 0.6) is 0 Å². The lowest BCUT2D eigenvalue weighted by atomic mass is 9.88. The van der Waals surface area contributed by atoms with Gasteiger partial charge in [-0.1, -0.05) is 13.3 Å². The van der Waals surface area contributed by atoms with Crippen LogP contribution in [-0.4, -0.2) is 38.1 Å². The number of rotatable bonds is 8. The van der Waals surface area contributed by atoms with Crippen LogP contribution in [0.2, 0.25) is 0 Å². The summed E-state index contributed by atoms with van der Waals surface area (Å²) in [7, 11) is 2.32. The van der Waals surface area contributed by atoms with Crippen LogP contribution in [-0.2, 0) is 0 Å². The quantitative estimate of drug-likeness (QED) is 0.654. The van der Waals surface area contributed by atoms with E-state index in [1.807, 2.05) is 0 Å². The molecule has 2 aliphatic rings. The highest BCUT2D eigenvalue weighted by atomic mass is 15.1. The normalized spacial score (nSPS) is 31.6. The molecule has 1 N–H and O–H groups in total. The summed E-state index contributed by atoms with van der Waals surface area (Å²) < 4.78 is 0. The highest BCUT2D eigenvalue weighted by Gasteiger charge is 2.39. The highest BCUT2D eigenvalue weighted by Crippen LogP contribution is 2.48. The Labute approximate surface area is 107 Å². The third kappa shape index (κ3) is 3.96. The summed E-state index contributed by atoms with van der Waals surface area (Å²) >= 11 is 0. The van der Waals surface area contributed by atoms with Crippen molar-refractivity contribution in [1.82, 2.24) is 10.2 Å². The predicted octanol–water partition coefficient (Wildman–Crippen LogP) is 2.74. The Morgan fingerprint density at radius 3 is 2.71 bits per heavy atom. The van der Waals surface area contributed by atoms with Crippen LogP contribution >= 0.6 is 0 Å². The lowest BCUT2D eigenvalue weighted by Gasteiger charge is -2.27. The van der Waals surface area contributed by atoms with E-state index in [4.69, 9.17) is 0 Å². The molecule has 2 bridgehead atoms. The summed E-state index contributed by atoms with van der Waals surface area (Å²) in [5, 5.41) is 3.40. The summed E-state index contributed by atoms with van der Waals surface area (Å²) in [6.45, 7) is 7.14. The first-order chi connectivity index (χ1) is 8.29. The standard InChI is InChI=1S/C15H30N2/c1-3-16-8-4-5-9-17(2)12-15-11-13-6-7-14(15)10-13/h13-16H,3-12H2,1-2H3. The summed E-state index contributed by atoms with van der Waals surface area (Å²) in [5.74, 6) is 3.23. The van der Waals surface area contributed by atoms with Crippen LogP contribution in [0.1, 0.15) is 45.4 Å². The molecule has 0 saturated heterocycles. The highest BCUT2D eigenvalue weighted by molar-refractivity contribution is 4.90. The smallest absolute Gasteiger partial charge is 0.000936 e. The molecule has 0 heterocycles. The minimum atomic E-state index is 1.03. The fourth-order valence-corrected chi connectivity index (χ4v) is 3.90. The largest absolute Gasteiger partial charge is 0.317 e. The topological polar surface area (TPSA) is 15.3 Å². The van der Waals surface area contributed by atoms with E-state index in [0.29, 0.717) is 0 Å². The fourth-order valence-electron chi connectivity index (χ4n) is 3.90. The molecule has 0 aliphatic heterocycles. The molecule has 2 heteroatoms. The molecule has 17 heavy (non-hydrogen) atoms. The van der Waals surface area contributed by atoms with Gasteiger partial charge in [0.05, 0.1) is 0 Å². The van der Waals surface area contributed by atoms with Gasteiger partial charge in [-0.25, -0.2) is 0 Å². The van der Waals surface area contributed by atoms with Gasteiger partial charge in [-0.05, 0) is 76.5 Å². The number of hydrogen-bond donors (Lipinski definition) is 1. The number of fused-ring (bicyclic) bond motifs is 2. The van der Waals surface area contributed by atoms with Gasteiger partial charge in [0.15, 0.2) is 0 Å². The first-order valence-corrected chi connectivity index (χ1v) is 7.68. The number of nitrogens with zero attached hydrogens (tertiary/aromatic N) is 1. The molecule has 0 radical (unpaired) electrons. The molecule has 0 aromatic carbocycles. The summed E-state index contributed by atoms with van der Waals surface area (Å²) in [4.78, 5) is 2.58. The maximum Gasteiger partial charge on any atom is 0.000936 e. The van der Waals surface area contributed by atoms with Crippen LogP contribution in [0.4, 0.5) is 0 Å². The molecule has 2 aliphatic carbocycles. The van der Waals surface area contributed by atoms with Crippen molar-refractivity contribution in [3.05, 3.63) is 0 Å². The molecule has 2 saturated carbocycles. The van der Waals surface area contributed by atoms with Crippen LogP contribution < -0.4 is 5.32 Å². The average molecular weight is 238 g/mol. The van der Waals surface area contributed by atoms with Gasteiger partial charge in [0.2, 0.25) is 0 Å². The van der Waals surface area contributed by atoms with E-state index >= 15 is 0 Å². The second-order valence-corrected chi connectivity index (χ2v) is 6.26. The van der Waals surface area contributed by atoms with Gasteiger partial charge in [-0.15, -0.1) is 0 Å². The number of hydrogen-bond acceptors (Lipinski definition) is 2. The molecule has 3 atom stereocenters. The van der Waals surface area contributed by atoms with Crippen LogP contribution in [0.3, 0.4) is 0 Å². The van der Waals surface area contributed by atoms with E-state index in [1.54, 1.807) is 6.42 Å². The van der Waals surface area contributed by atoms with Gasteiger partial charge in [-0.2, -0.15) is 0 Å². The third-order valence-corrected chi connectivity index (χ3v) is 4.82. The lowest BCUT2D eigenvalue weighted by molar-refractivity contribution is 0.217. The molecule has 2 nitrogen and oxygen atoms in total. The predicted molar refractivity (Wildman–Crippen MR) is 74.2 cm³/mol.